The van der Waals surface area contributed by atoms with E-state index in [1.54, 1.807) is 30.0 Å². The summed E-state index contributed by atoms with van der Waals surface area (Å²) < 4.78 is 21.9. The number of aromatic hydroxyl groups is 1. The fourth-order valence-corrected chi connectivity index (χ4v) is 12.3. The van der Waals surface area contributed by atoms with Crippen molar-refractivity contribution in [2.45, 2.75) is 144 Å². The van der Waals surface area contributed by atoms with Crippen molar-refractivity contribution in [1.29, 1.82) is 0 Å². The summed E-state index contributed by atoms with van der Waals surface area (Å²) >= 11 is 1.32. The van der Waals surface area contributed by atoms with E-state index in [2.05, 4.69) is 36.0 Å². The standard InChI is InChI=1S/C60H77N11O22S2/c1-29-26-70-48(49(29)78)56(85)62-25-35(73)22-38(63-52(81)32-11-9-31(10-12-32)39-28-71-60(64-39)94-57(68-71)33-13-16-37(17-14-33)90-20-8-6-4-5-7-19-89-3)53(82)65-45(30(2)72)58(86)69-27-36(74)23-40(69)54(83)67-47(55(84)66-46(59(70)87)42(76)24-44(61)77)51(80)50(79)34-15-18-41(75)43(21-34)91-95-93-92-88/h9-18,21,28-30,35-36,38,40,42,45-51,72-76,78-80,88H,4-8,19-20,22-27H2,1-3H3,(H2,61,77)(H,62,85)(H,63,81)(H,65,82)(H,66,84)(H,67,83). The van der Waals surface area contributed by atoms with Crippen molar-refractivity contribution in [2.75, 3.05) is 40.0 Å². The molecule has 516 valence electrons. The van der Waals surface area contributed by atoms with Gasteiger partial charge in [0.05, 0.1) is 55.4 Å². The minimum Gasteiger partial charge on any atom is -0.504 e. The molecule has 0 bridgehead atoms. The molecule has 3 saturated heterocycles. The minimum absolute atomic E-state index is 0.0142. The van der Waals surface area contributed by atoms with Crippen LogP contribution in [0.4, 0.5) is 0 Å². The van der Waals surface area contributed by atoms with Crippen LogP contribution in [0.3, 0.4) is 0 Å². The van der Waals surface area contributed by atoms with E-state index < -0.39 is 183 Å². The number of aromatic nitrogens is 3. The molecule has 0 radical (unpaired) electrons. The fraction of sp³-hybridized carbons (Fsp3) is 0.500. The van der Waals surface area contributed by atoms with E-state index in [0.29, 0.717) is 27.8 Å². The van der Waals surface area contributed by atoms with Crippen molar-refractivity contribution in [3.05, 3.63) is 84.1 Å². The summed E-state index contributed by atoms with van der Waals surface area (Å²) in [4.78, 5) is 121. The molecule has 0 saturated carbocycles. The number of phenolic OH excluding ortho intramolecular Hbond substituents is 1. The molecule has 33 nitrogen and oxygen atoms in total. The summed E-state index contributed by atoms with van der Waals surface area (Å²) in [5.41, 5.74) is 6.96. The molecule has 5 heterocycles. The number of fused-ring (bicyclic) bond motifs is 3. The number of β-amino-alcohol motifs (C(OH)–C–C–N with tert-alkyl or cyclic N) is 1. The summed E-state index contributed by atoms with van der Waals surface area (Å²) in [6.07, 6.45) is -9.19. The highest BCUT2D eigenvalue weighted by Gasteiger charge is 2.50. The number of nitrogens with one attached hydrogen (secondary N) is 5. The summed E-state index contributed by atoms with van der Waals surface area (Å²) in [7, 11) is 1.70. The average molecular weight is 1370 g/mol. The number of methoxy groups -OCH3 is 1. The molecule has 3 aliphatic rings. The Morgan fingerprint density at radius 1 is 0.789 bits per heavy atom. The van der Waals surface area contributed by atoms with Gasteiger partial charge in [-0.15, -0.1) is 0 Å². The maximum Gasteiger partial charge on any atom is 0.261 e. The number of benzene rings is 3. The zero-order chi connectivity index (χ0) is 68.8. The molecule has 14 unspecified atom stereocenters. The first-order chi connectivity index (χ1) is 45.4. The third-order valence-electron chi connectivity index (χ3n) is 16.3. The predicted octanol–water partition coefficient (Wildman–Crippen LogP) is -1.52. The van der Waals surface area contributed by atoms with Crippen LogP contribution in [-0.4, -0.2) is 231 Å². The topological polar surface area (TPSA) is 488 Å². The third kappa shape index (κ3) is 18.4. The Bertz CT molecular complexity index is 3460. The summed E-state index contributed by atoms with van der Waals surface area (Å²) in [5, 5.41) is 120. The van der Waals surface area contributed by atoms with E-state index in [1.165, 1.54) is 30.4 Å². The molecular formula is C60H77N11O22S2. The maximum atomic E-state index is 14.7. The Morgan fingerprint density at radius 3 is 2.13 bits per heavy atom. The van der Waals surface area contributed by atoms with Crippen LogP contribution in [0.1, 0.15) is 87.2 Å². The van der Waals surface area contributed by atoms with Crippen molar-refractivity contribution >= 4 is 75.9 Å². The molecular weight excluding hydrogens is 1290 g/mol. The number of ether oxygens (including phenoxy) is 2. The van der Waals surface area contributed by atoms with Crippen molar-refractivity contribution in [1.82, 2.24) is 51.0 Å². The van der Waals surface area contributed by atoms with E-state index in [-0.39, 0.29) is 23.5 Å². The van der Waals surface area contributed by atoms with E-state index in [9.17, 15) is 79.2 Å². The lowest BCUT2D eigenvalue weighted by atomic mass is 9.96. The highest BCUT2D eigenvalue weighted by molar-refractivity contribution is 7.90. The molecule has 0 aliphatic carbocycles. The van der Waals surface area contributed by atoms with E-state index in [4.69, 9.17) is 34.7 Å². The highest BCUT2D eigenvalue weighted by atomic mass is 32.2. The van der Waals surface area contributed by atoms with E-state index in [1.807, 2.05) is 24.3 Å². The summed E-state index contributed by atoms with van der Waals surface area (Å²) in [5.74, 6) is -11.2. The van der Waals surface area contributed by atoms with E-state index >= 15 is 0 Å². The first kappa shape index (κ1) is 72.7. The van der Waals surface area contributed by atoms with Crippen molar-refractivity contribution in [2.24, 2.45) is 11.7 Å². The number of primary amides is 1. The second-order valence-corrected chi connectivity index (χ2v) is 24.7. The lowest BCUT2D eigenvalue weighted by molar-refractivity contribution is -0.433. The van der Waals surface area contributed by atoms with Crippen LogP contribution in [0, 0.1) is 5.92 Å². The Kier molecular flexibility index (Phi) is 25.6. The largest absolute Gasteiger partial charge is 0.504 e. The fourth-order valence-electron chi connectivity index (χ4n) is 11.2. The molecule has 3 fully saturated rings. The molecule has 95 heavy (non-hydrogen) atoms. The number of nitrogens with two attached hydrogens (primary N) is 1. The number of hydrogen-bond donors (Lipinski definition) is 15. The monoisotopic (exact) mass is 1370 g/mol. The number of amides is 8. The van der Waals surface area contributed by atoms with Gasteiger partial charge in [0, 0.05) is 68.8 Å². The molecule has 8 amide bonds. The van der Waals surface area contributed by atoms with Crippen LogP contribution in [0.15, 0.2) is 72.9 Å². The van der Waals surface area contributed by atoms with Gasteiger partial charge in [0.1, 0.15) is 59.2 Å². The number of carbonyl (C=O) groups is 8. The number of aliphatic hydroxyl groups excluding tert-OH is 7. The van der Waals surface area contributed by atoms with Gasteiger partial charge in [0.2, 0.25) is 46.3 Å². The number of hydrogen-bond acceptors (Lipinski definition) is 26. The number of carbonyl (C=O) groups excluding carboxylic acids is 8. The quantitative estimate of drug-likeness (QED) is 0.0144. The van der Waals surface area contributed by atoms with Gasteiger partial charge in [0.25, 0.3) is 18.2 Å². The van der Waals surface area contributed by atoms with Gasteiger partial charge in [-0.25, -0.2) is 14.8 Å². The molecule has 16 N–H and O–H groups in total. The van der Waals surface area contributed by atoms with Crippen molar-refractivity contribution in [3.63, 3.8) is 0 Å². The third-order valence-corrected chi connectivity index (χ3v) is 17.6. The molecule has 0 spiro atoms. The number of rotatable bonds is 24. The van der Waals surface area contributed by atoms with Gasteiger partial charge in [-0.05, 0) is 73.9 Å². The van der Waals surface area contributed by atoms with Gasteiger partial charge < -0.3 is 96.6 Å². The van der Waals surface area contributed by atoms with Crippen LogP contribution in [-0.2, 0) is 47.7 Å². The second-order valence-electron chi connectivity index (χ2n) is 23.3. The van der Waals surface area contributed by atoms with Crippen LogP contribution in [0.25, 0.3) is 26.8 Å². The van der Waals surface area contributed by atoms with Crippen LogP contribution >= 0.6 is 23.7 Å². The second kappa shape index (κ2) is 33.5. The number of nitrogens with zero attached hydrogens (tertiary/aromatic N) is 5. The minimum atomic E-state index is -2.53. The molecule has 8 rings (SSSR count). The lowest BCUT2D eigenvalue weighted by Gasteiger charge is -2.34. The number of aliphatic hydroxyl groups is 7. The Labute approximate surface area is 551 Å². The number of phenols is 1. The Hall–Kier alpha value is -8.17. The van der Waals surface area contributed by atoms with Crippen molar-refractivity contribution in [3.8, 4) is 39.1 Å². The van der Waals surface area contributed by atoms with Crippen LogP contribution < -0.4 is 41.2 Å². The van der Waals surface area contributed by atoms with E-state index in [0.717, 1.165) is 84.9 Å². The SMILES string of the molecule is COCCCCCCCOc1ccc(-c2nn3cc(-c4ccc(C(=O)NC5CC(O)CNC(=O)C6C(O)C(C)CN6C(=O)C(C(O)CC(N)=O)NC(=O)C(C(O)C(O)c6ccc(O)c(OSOOO)c6)NC(=O)C6CC(O)CN6C(=O)C(C(C)O)NC5=O)cc4)nc3s2)cc1. The van der Waals surface area contributed by atoms with Gasteiger partial charge in [-0.2, -0.15) is 5.10 Å². The molecule has 3 aliphatic heterocycles. The number of imidazole rings is 1. The molecule has 35 heteroatoms. The molecule has 2 aromatic heterocycles. The highest BCUT2D eigenvalue weighted by Crippen LogP contribution is 2.35. The van der Waals surface area contributed by atoms with Crippen LogP contribution in [0.5, 0.6) is 17.2 Å². The van der Waals surface area contributed by atoms with Gasteiger partial charge >= 0.3 is 0 Å². The predicted molar refractivity (Wildman–Crippen MR) is 333 cm³/mol. The summed E-state index contributed by atoms with van der Waals surface area (Å²) in [6.45, 7) is 2.05. The van der Waals surface area contributed by atoms with Crippen molar-refractivity contribution < 1.29 is 107 Å². The Balaban J connectivity index is 1.05. The van der Waals surface area contributed by atoms with Crippen LogP contribution in [0.2, 0.25) is 0 Å². The normalized spacial score (nSPS) is 24.7. The average Bonchev–Trinajstić information content (AvgIpc) is 1.71. The first-order valence-electron chi connectivity index (χ1n) is 30.4. The maximum absolute atomic E-state index is 14.7. The Morgan fingerprint density at radius 2 is 1.45 bits per heavy atom. The zero-order valence-electron chi connectivity index (χ0n) is 51.7. The lowest BCUT2D eigenvalue weighted by Crippen LogP contribution is -2.64. The molecule has 3 aromatic carbocycles. The summed E-state index contributed by atoms with van der Waals surface area (Å²) in [6, 6.07) is 4.24. The smallest absolute Gasteiger partial charge is 0.261 e. The van der Waals surface area contributed by atoms with Gasteiger partial charge in [-0.1, -0.05) is 65.1 Å². The van der Waals surface area contributed by atoms with Gasteiger partial charge in [-0.3, -0.25) is 38.4 Å². The zero-order valence-corrected chi connectivity index (χ0v) is 53.3. The molecule has 5 aromatic rings. The molecule has 14 atom stereocenters. The van der Waals surface area contributed by atoms with Gasteiger partial charge in [0.15, 0.2) is 11.5 Å². The number of unbranched alkanes of at least 4 members (excludes halogenated alkanes) is 4. The first-order valence-corrected chi connectivity index (χ1v) is 31.8.